The fourth-order valence-corrected chi connectivity index (χ4v) is 4.61. The molecule has 5 nitrogen and oxygen atoms in total. The Kier molecular flexibility index (Phi) is 6.94. The highest BCUT2D eigenvalue weighted by Gasteiger charge is 2.21. The van der Waals surface area contributed by atoms with Gasteiger partial charge in [-0.3, -0.25) is 14.2 Å². The zero-order valence-electron chi connectivity index (χ0n) is 16.2. The van der Waals surface area contributed by atoms with Crippen molar-refractivity contribution in [2.45, 2.75) is 69.3 Å². The second-order valence-corrected chi connectivity index (χ2v) is 8.69. The lowest BCUT2D eigenvalue weighted by Crippen LogP contribution is -2.35. The van der Waals surface area contributed by atoms with Gasteiger partial charge >= 0.3 is 0 Å². The van der Waals surface area contributed by atoms with Gasteiger partial charge in [0.15, 0.2) is 5.16 Å². The summed E-state index contributed by atoms with van der Waals surface area (Å²) in [4.78, 5) is 30.1. The summed E-state index contributed by atoms with van der Waals surface area (Å²) in [5, 5.41) is 4.07. The third kappa shape index (κ3) is 4.92. The lowest BCUT2D eigenvalue weighted by atomic mass is 9.89. The molecule has 1 N–H and O–H groups in total. The van der Waals surface area contributed by atoms with E-state index in [9.17, 15) is 9.59 Å². The van der Waals surface area contributed by atoms with Gasteiger partial charge in [0, 0.05) is 13.1 Å². The highest BCUT2D eigenvalue weighted by molar-refractivity contribution is 8.00. The van der Waals surface area contributed by atoms with Gasteiger partial charge in [-0.15, -0.1) is 0 Å². The Morgan fingerprint density at radius 1 is 1.30 bits per heavy atom. The molecular formula is C21H29N3O2S. The molecule has 1 atom stereocenters. The molecule has 2 aromatic rings. The minimum Gasteiger partial charge on any atom is -0.355 e. The highest BCUT2D eigenvalue weighted by atomic mass is 32.2. The lowest BCUT2D eigenvalue weighted by Gasteiger charge is -2.22. The first-order valence-corrected chi connectivity index (χ1v) is 10.9. The summed E-state index contributed by atoms with van der Waals surface area (Å²) in [5.41, 5.74) is 0.659. The summed E-state index contributed by atoms with van der Waals surface area (Å²) in [5.74, 6) is 0.632. The number of thioether (sulfide) groups is 1. The molecule has 1 aromatic carbocycles. The van der Waals surface area contributed by atoms with Crippen LogP contribution < -0.4 is 10.9 Å². The van der Waals surface area contributed by atoms with Gasteiger partial charge in [-0.1, -0.05) is 50.1 Å². The molecule has 27 heavy (non-hydrogen) atoms. The van der Waals surface area contributed by atoms with E-state index in [4.69, 9.17) is 0 Å². The molecule has 0 radical (unpaired) electrons. The summed E-state index contributed by atoms with van der Waals surface area (Å²) in [6.07, 6.45) is 7.13. The van der Waals surface area contributed by atoms with E-state index >= 15 is 0 Å². The monoisotopic (exact) mass is 387 g/mol. The molecule has 146 valence electrons. The van der Waals surface area contributed by atoms with Gasteiger partial charge in [0.05, 0.1) is 16.2 Å². The minimum absolute atomic E-state index is 0.0241. The number of hydrogen-bond acceptors (Lipinski definition) is 4. The van der Waals surface area contributed by atoms with Crippen LogP contribution >= 0.6 is 11.8 Å². The highest BCUT2D eigenvalue weighted by Crippen LogP contribution is 2.25. The number of carbonyl (C=O) groups is 1. The number of nitrogens with one attached hydrogen (secondary N) is 1. The van der Waals surface area contributed by atoms with E-state index in [1.165, 1.54) is 43.9 Å². The number of carbonyl (C=O) groups excluding carboxylic acids is 1. The third-order valence-corrected chi connectivity index (χ3v) is 6.31. The van der Waals surface area contributed by atoms with Crippen LogP contribution in [0.25, 0.3) is 10.9 Å². The fraction of sp³-hybridized carbons (Fsp3) is 0.571. The van der Waals surface area contributed by atoms with Crippen molar-refractivity contribution in [3.63, 3.8) is 0 Å². The summed E-state index contributed by atoms with van der Waals surface area (Å²) < 4.78 is 1.71. The Hall–Kier alpha value is -1.82. The van der Waals surface area contributed by atoms with Gasteiger partial charge in [-0.25, -0.2) is 4.98 Å². The van der Waals surface area contributed by atoms with Gasteiger partial charge in [0.25, 0.3) is 5.56 Å². The minimum atomic E-state index is -0.287. The summed E-state index contributed by atoms with van der Waals surface area (Å²) in [7, 11) is 0. The lowest BCUT2D eigenvalue weighted by molar-refractivity contribution is -0.120. The maximum atomic E-state index is 12.8. The Morgan fingerprint density at radius 3 is 2.78 bits per heavy atom. The van der Waals surface area contributed by atoms with Gasteiger partial charge in [0.1, 0.15) is 0 Å². The smallest absolute Gasteiger partial charge is 0.262 e. The number of aromatic nitrogens is 2. The Morgan fingerprint density at radius 2 is 2.04 bits per heavy atom. The van der Waals surface area contributed by atoms with Crippen molar-refractivity contribution in [3.05, 3.63) is 34.6 Å². The van der Waals surface area contributed by atoms with Crippen molar-refractivity contribution in [1.29, 1.82) is 0 Å². The van der Waals surface area contributed by atoms with Crippen LogP contribution in [0.3, 0.4) is 0 Å². The van der Waals surface area contributed by atoms with Crippen LogP contribution in [-0.2, 0) is 11.3 Å². The normalized spacial score (nSPS) is 16.4. The first-order chi connectivity index (χ1) is 13.1. The van der Waals surface area contributed by atoms with E-state index < -0.39 is 0 Å². The van der Waals surface area contributed by atoms with Crippen molar-refractivity contribution >= 4 is 28.6 Å². The van der Waals surface area contributed by atoms with E-state index in [0.717, 1.165) is 13.0 Å². The van der Waals surface area contributed by atoms with Crippen LogP contribution in [0.5, 0.6) is 0 Å². The molecule has 0 aliphatic heterocycles. The van der Waals surface area contributed by atoms with Crippen LogP contribution in [-0.4, -0.2) is 27.3 Å². The maximum Gasteiger partial charge on any atom is 0.262 e. The Balaban J connectivity index is 1.73. The molecule has 1 amide bonds. The first kappa shape index (κ1) is 19.9. The first-order valence-electron chi connectivity index (χ1n) is 10.0. The number of fused-ring (bicyclic) bond motifs is 1. The van der Waals surface area contributed by atoms with Crippen LogP contribution in [0.15, 0.2) is 34.2 Å². The predicted molar refractivity (Wildman–Crippen MR) is 111 cm³/mol. The van der Waals surface area contributed by atoms with Crippen LogP contribution in [0.4, 0.5) is 0 Å². The topological polar surface area (TPSA) is 64.0 Å². The molecule has 0 saturated heterocycles. The second kappa shape index (κ2) is 9.40. The van der Waals surface area contributed by atoms with Crippen molar-refractivity contribution in [2.75, 3.05) is 6.54 Å². The average Bonchev–Trinajstić information content (AvgIpc) is 2.70. The molecule has 6 heteroatoms. The van der Waals surface area contributed by atoms with Crippen molar-refractivity contribution in [3.8, 4) is 0 Å². The van der Waals surface area contributed by atoms with Crippen molar-refractivity contribution in [1.82, 2.24) is 14.9 Å². The molecule has 3 rings (SSSR count). The molecule has 1 aliphatic carbocycles. The van der Waals surface area contributed by atoms with Gasteiger partial charge in [-0.05, 0) is 44.2 Å². The fourth-order valence-electron chi connectivity index (χ4n) is 3.65. The Labute approximate surface area is 164 Å². The van der Waals surface area contributed by atoms with E-state index in [2.05, 4.69) is 10.3 Å². The number of nitrogens with zero attached hydrogens (tertiary/aromatic N) is 2. The molecule has 1 saturated carbocycles. The Bertz CT molecular complexity index is 843. The molecule has 1 aliphatic rings. The van der Waals surface area contributed by atoms with Gasteiger partial charge in [0.2, 0.25) is 5.91 Å². The zero-order chi connectivity index (χ0) is 19.2. The molecule has 0 unspecified atom stereocenters. The standard InChI is InChI=1S/C21H29N3O2S/c1-3-13-24-20(26)17-11-7-8-12-18(17)23-21(24)27-15(2)19(25)22-14-16-9-5-4-6-10-16/h7-8,11-12,15-16H,3-6,9-10,13-14H2,1-2H3,(H,22,25)/t15-/m0/s1. The van der Waals surface area contributed by atoms with E-state index in [1.807, 2.05) is 38.1 Å². The summed E-state index contributed by atoms with van der Waals surface area (Å²) >= 11 is 1.37. The second-order valence-electron chi connectivity index (χ2n) is 7.38. The van der Waals surface area contributed by atoms with Crippen molar-refractivity contribution < 1.29 is 4.79 Å². The number of hydrogen-bond donors (Lipinski definition) is 1. The van der Waals surface area contributed by atoms with Crippen LogP contribution in [0, 0.1) is 5.92 Å². The largest absolute Gasteiger partial charge is 0.355 e. The zero-order valence-corrected chi connectivity index (χ0v) is 17.1. The molecule has 1 aromatic heterocycles. The number of benzene rings is 1. The third-order valence-electron chi connectivity index (χ3n) is 5.21. The van der Waals surface area contributed by atoms with Gasteiger partial charge < -0.3 is 5.32 Å². The van der Waals surface area contributed by atoms with Crippen LogP contribution in [0.1, 0.15) is 52.4 Å². The average molecular weight is 388 g/mol. The maximum absolute atomic E-state index is 12.8. The molecule has 1 fully saturated rings. The summed E-state index contributed by atoms with van der Waals surface area (Å²) in [6, 6.07) is 7.40. The van der Waals surface area contributed by atoms with E-state index in [1.54, 1.807) is 4.57 Å². The van der Waals surface area contributed by atoms with E-state index in [0.29, 0.717) is 28.5 Å². The quantitative estimate of drug-likeness (QED) is 0.576. The molecule has 0 spiro atoms. The van der Waals surface area contributed by atoms with Crippen LogP contribution in [0.2, 0.25) is 0 Å². The molecule has 0 bridgehead atoms. The molecular weight excluding hydrogens is 358 g/mol. The van der Waals surface area contributed by atoms with Gasteiger partial charge in [-0.2, -0.15) is 0 Å². The predicted octanol–water partition coefficient (Wildman–Crippen LogP) is 3.98. The number of rotatable bonds is 7. The SMILES string of the molecule is CCCn1c(S[C@@H](C)C(=O)NCC2CCCCC2)nc2ccccc2c1=O. The number of para-hydroxylation sites is 1. The van der Waals surface area contributed by atoms with E-state index in [-0.39, 0.29) is 16.7 Å². The summed E-state index contributed by atoms with van der Waals surface area (Å²) in [6.45, 7) is 5.29. The molecule has 1 heterocycles. The number of amides is 1. The van der Waals surface area contributed by atoms with Crippen molar-refractivity contribution in [2.24, 2.45) is 5.92 Å².